The molecule has 0 heterocycles. The van der Waals surface area contributed by atoms with Gasteiger partial charge in [0.1, 0.15) is 6.07 Å². The van der Waals surface area contributed by atoms with E-state index in [0.29, 0.717) is 5.75 Å². The number of primary amides is 1. The Balaban J connectivity index is 4.17. The van der Waals surface area contributed by atoms with Crippen molar-refractivity contribution in [2.45, 2.75) is 6.92 Å². The first kappa shape index (κ1) is 11.4. The molecule has 0 rings (SSSR count). The normalized spacial score (nSPS) is 10.3. The van der Waals surface area contributed by atoms with Crippen LogP contribution < -0.4 is 5.73 Å². The number of carbonyl (C=O) groups excluding carboxylic acids is 2. The number of thioether (sulfide) groups is 1. The van der Waals surface area contributed by atoms with E-state index in [1.807, 2.05) is 0 Å². The molecule has 1 amide bonds. The van der Waals surface area contributed by atoms with Crippen LogP contribution in [0.5, 0.6) is 0 Å². The summed E-state index contributed by atoms with van der Waals surface area (Å²) >= 11 is 0.866. The molecule has 0 aliphatic heterocycles. The molecule has 13 heavy (non-hydrogen) atoms. The molecule has 0 spiro atoms. The third kappa shape index (κ3) is 4.81. The van der Waals surface area contributed by atoms with Crippen molar-refractivity contribution in [3.63, 3.8) is 0 Å². The van der Waals surface area contributed by atoms with Gasteiger partial charge in [0.25, 0.3) is 5.91 Å². The highest BCUT2D eigenvalue weighted by Crippen LogP contribution is 2.03. The third-order valence-electron chi connectivity index (χ3n) is 0.813. The van der Waals surface area contributed by atoms with Gasteiger partial charge in [0.15, 0.2) is 0 Å². The Hall–Kier alpha value is -1.55. The van der Waals surface area contributed by atoms with E-state index >= 15 is 0 Å². The van der Waals surface area contributed by atoms with Gasteiger partial charge in [0, 0.05) is 5.75 Å². The highest BCUT2D eigenvalue weighted by atomic mass is 32.2. The fraction of sp³-hybridized carbons (Fsp3) is 0.333. The van der Waals surface area contributed by atoms with Crippen LogP contribution in [-0.2, 0) is 9.63 Å². The van der Waals surface area contributed by atoms with Crippen molar-refractivity contribution in [1.82, 2.24) is 0 Å². The minimum absolute atomic E-state index is 0.521. The van der Waals surface area contributed by atoms with Gasteiger partial charge < -0.3 is 10.6 Å². The molecule has 0 saturated carbocycles. The first-order chi connectivity index (χ1) is 6.11. The lowest BCUT2D eigenvalue weighted by atomic mass is 10.4. The van der Waals surface area contributed by atoms with Gasteiger partial charge >= 0.3 is 5.30 Å². The van der Waals surface area contributed by atoms with Gasteiger partial charge in [-0.25, -0.2) is 4.79 Å². The molecule has 6 nitrogen and oxygen atoms in total. The number of nitriles is 1. The van der Waals surface area contributed by atoms with Gasteiger partial charge in [0.05, 0.1) is 0 Å². The number of oxime groups is 1. The lowest BCUT2D eigenvalue weighted by Crippen LogP contribution is -2.22. The Bertz CT molecular complexity index is 281. The molecule has 0 radical (unpaired) electrons. The molecule has 0 aliphatic carbocycles. The number of carbonyl (C=O) groups is 2. The van der Waals surface area contributed by atoms with E-state index in [-0.39, 0.29) is 0 Å². The van der Waals surface area contributed by atoms with Crippen LogP contribution in [0, 0.1) is 11.3 Å². The molecule has 7 heteroatoms. The number of hydrogen-bond donors (Lipinski definition) is 1. The summed E-state index contributed by atoms with van der Waals surface area (Å²) in [4.78, 5) is 25.2. The van der Waals surface area contributed by atoms with Crippen LogP contribution in [0.3, 0.4) is 0 Å². The zero-order chi connectivity index (χ0) is 10.3. The average Bonchev–Trinajstić information content (AvgIpc) is 2.05. The molecule has 0 bridgehead atoms. The van der Waals surface area contributed by atoms with Crippen molar-refractivity contribution in [3.8, 4) is 6.07 Å². The molecule has 0 atom stereocenters. The second kappa shape index (κ2) is 6.02. The lowest BCUT2D eigenvalue weighted by Gasteiger charge is -1.93. The second-order valence-electron chi connectivity index (χ2n) is 1.69. The van der Waals surface area contributed by atoms with Gasteiger partial charge in [-0.15, -0.1) is 0 Å². The lowest BCUT2D eigenvalue weighted by molar-refractivity contribution is -0.112. The Morgan fingerprint density at radius 2 is 2.31 bits per heavy atom. The highest BCUT2D eigenvalue weighted by molar-refractivity contribution is 8.13. The predicted octanol–water partition coefficient (Wildman–Crippen LogP) is 0.241. The van der Waals surface area contributed by atoms with Crippen molar-refractivity contribution >= 4 is 28.7 Å². The first-order valence-corrected chi connectivity index (χ1v) is 4.22. The molecule has 0 aromatic heterocycles. The van der Waals surface area contributed by atoms with E-state index in [1.165, 1.54) is 6.07 Å². The molecule has 0 saturated heterocycles. The molecule has 70 valence electrons. The van der Waals surface area contributed by atoms with Crippen molar-refractivity contribution < 1.29 is 14.4 Å². The van der Waals surface area contributed by atoms with Crippen LogP contribution in [0.2, 0.25) is 0 Å². The van der Waals surface area contributed by atoms with Crippen molar-refractivity contribution in [2.24, 2.45) is 10.9 Å². The molecular weight excluding hydrogens is 194 g/mol. The van der Waals surface area contributed by atoms with E-state index in [1.54, 1.807) is 6.92 Å². The van der Waals surface area contributed by atoms with Gasteiger partial charge in [-0.2, -0.15) is 5.26 Å². The molecule has 0 aromatic rings. The molecule has 0 unspecified atom stereocenters. The van der Waals surface area contributed by atoms with Crippen molar-refractivity contribution in [2.75, 3.05) is 5.75 Å². The number of hydrogen-bond acceptors (Lipinski definition) is 6. The fourth-order valence-corrected chi connectivity index (χ4v) is 0.673. The summed E-state index contributed by atoms with van der Waals surface area (Å²) < 4.78 is 0. The number of nitrogens with zero attached hydrogens (tertiary/aromatic N) is 2. The highest BCUT2D eigenvalue weighted by Gasteiger charge is 2.08. The monoisotopic (exact) mass is 201 g/mol. The Kier molecular flexibility index (Phi) is 5.30. The summed E-state index contributed by atoms with van der Waals surface area (Å²) in [5.74, 6) is -0.510. The van der Waals surface area contributed by atoms with Crippen molar-refractivity contribution in [1.29, 1.82) is 5.26 Å². The molecular formula is C6H7N3O3S. The van der Waals surface area contributed by atoms with Gasteiger partial charge in [-0.05, 0) is 11.8 Å². The standard InChI is InChI=1S/C6H7N3O3S/c1-2-13-6(11)12-9-4(3-7)5(8)10/h2H2,1H3,(H2,8,10). The minimum atomic E-state index is -1.03. The van der Waals surface area contributed by atoms with Crippen LogP contribution in [0.25, 0.3) is 0 Å². The van der Waals surface area contributed by atoms with Crippen LogP contribution in [-0.4, -0.2) is 22.7 Å². The summed E-state index contributed by atoms with van der Waals surface area (Å²) in [6.07, 6.45) is 0. The molecule has 0 aliphatic rings. The maximum Gasteiger partial charge on any atom is 0.393 e. The van der Waals surface area contributed by atoms with Crippen LogP contribution in [0.15, 0.2) is 5.16 Å². The third-order valence-corrected chi connectivity index (χ3v) is 1.41. The number of amides is 1. The van der Waals surface area contributed by atoms with E-state index in [4.69, 9.17) is 11.0 Å². The fourth-order valence-electron chi connectivity index (χ4n) is 0.348. The number of rotatable bonds is 3. The van der Waals surface area contributed by atoms with E-state index < -0.39 is 16.9 Å². The van der Waals surface area contributed by atoms with E-state index in [9.17, 15) is 9.59 Å². The van der Waals surface area contributed by atoms with Crippen LogP contribution >= 0.6 is 11.8 Å². The summed E-state index contributed by atoms with van der Waals surface area (Å²) in [5.41, 5.74) is 4.08. The van der Waals surface area contributed by atoms with E-state index in [0.717, 1.165) is 11.8 Å². The topological polar surface area (TPSA) is 106 Å². The SMILES string of the molecule is CCSC(=O)ON=C(C#N)C(N)=O. The Morgan fingerprint density at radius 3 is 2.69 bits per heavy atom. The molecule has 2 N–H and O–H groups in total. The quantitative estimate of drug-likeness (QED) is 0.400. The summed E-state index contributed by atoms with van der Waals surface area (Å²) in [5, 5.41) is 10.5. The summed E-state index contributed by atoms with van der Waals surface area (Å²) in [6, 6.07) is 1.39. The predicted molar refractivity (Wildman–Crippen MR) is 46.9 cm³/mol. The number of nitrogens with two attached hydrogens (primary N) is 1. The van der Waals surface area contributed by atoms with Crippen molar-refractivity contribution in [3.05, 3.63) is 0 Å². The largest absolute Gasteiger partial charge is 0.393 e. The zero-order valence-corrected chi connectivity index (χ0v) is 7.63. The first-order valence-electron chi connectivity index (χ1n) is 3.23. The van der Waals surface area contributed by atoms with Crippen LogP contribution in [0.4, 0.5) is 4.79 Å². The minimum Gasteiger partial charge on any atom is -0.364 e. The van der Waals surface area contributed by atoms with Crippen LogP contribution in [0.1, 0.15) is 6.92 Å². The summed E-state index contributed by atoms with van der Waals surface area (Å²) in [6.45, 7) is 1.74. The maximum absolute atomic E-state index is 10.7. The maximum atomic E-state index is 10.7. The zero-order valence-electron chi connectivity index (χ0n) is 6.81. The van der Waals surface area contributed by atoms with Gasteiger partial charge in [0.2, 0.25) is 5.71 Å². The Labute approximate surface area is 78.7 Å². The smallest absolute Gasteiger partial charge is 0.364 e. The van der Waals surface area contributed by atoms with Gasteiger partial charge in [-0.3, -0.25) is 4.79 Å². The van der Waals surface area contributed by atoms with Gasteiger partial charge in [-0.1, -0.05) is 12.1 Å². The average molecular weight is 201 g/mol. The molecule has 0 fully saturated rings. The Morgan fingerprint density at radius 1 is 1.69 bits per heavy atom. The molecule has 0 aromatic carbocycles. The summed E-state index contributed by atoms with van der Waals surface area (Å²) in [7, 11) is 0. The second-order valence-corrected chi connectivity index (χ2v) is 2.89. The van der Waals surface area contributed by atoms with E-state index in [2.05, 4.69) is 9.99 Å².